The van der Waals surface area contributed by atoms with E-state index in [4.69, 9.17) is 10.8 Å². The fourth-order valence-corrected chi connectivity index (χ4v) is 2.20. The molecule has 0 aromatic carbocycles. The largest absolute Gasteiger partial charge is 0.465 e. The Kier molecular flexibility index (Phi) is 3.72. The number of carboxylic acid groups (broad SMARTS) is 1. The molecule has 1 aliphatic rings. The number of rotatable bonds is 1. The third kappa shape index (κ3) is 2.93. The van der Waals surface area contributed by atoms with Gasteiger partial charge in [-0.1, -0.05) is 11.8 Å². The van der Waals surface area contributed by atoms with E-state index in [1.165, 1.54) is 0 Å². The van der Waals surface area contributed by atoms with Gasteiger partial charge in [0.05, 0.1) is 5.56 Å². The Morgan fingerprint density at radius 2 is 2.33 bits per heavy atom. The summed E-state index contributed by atoms with van der Waals surface area (Å²) in [4.78, 5) is 14.4. The second-order valence-corrected chi connectivity index (χ2v) is 4.99. The highest BCUT2D eigenvalue weighted by molar-refractivity contribution is 9.10. The first-order valence-electron chi connectivity index (χ1n) is 5.47. The van der Waals surface area contributed by atoms with Crippen molar-refractivity contribution in [1.82, 2.24) is 10.3 Å². The summed E-state index contributed by atoms with van der Waals surface area (Å²) in [6.45, 7) is 0. The molecule has 0 unspecified atom stereocenters. The van der Waals surface area contributed by atoms with Gasteiger partial charge in [0.25, 0.3) is 0 Å². The third-order valence-electron chi connectivity index (χ3n) is 2.80. The second-order valence-electron chi connectivity index (χ2n) is 4.14. The molecule has 1 heterocycles. The molecule has 1 saturated carbocycles. The van der Waals surface area contributed by atoms with Crippen molar-refractivity contribution in [3.63, 3.8) is 0 Å². The summed E-state index contributed by atoms with van der Waals surface area (Å²) in [6.07, 6.45) is 2.13. The molecule has 0 aliphatic heterocycles. The molecule has 1 fully saturated rings. The van der Waals surface area contributed by atoms with E-state index >= 15 is 0 Å². The zero-order chi connectivity index (χ0) is 13.1. The van der Waals surface area contributed by atoms with E-state index in [0.717, 1.165) is 17.3 Å². The summed E-state index contributed by atoms with van der Waals surface area (Å²) in [6, 6.07) is 1.81. The Labute approximate surface area is 113 Å². The van der Waals surface area contributed by atoms with Gasteiger partial charge in [-0.25, -0.2) is 9.78 Å². The molecule has 6 heteroatoms. The van der Waals surface area contributed by atoms with Crippen molar-refractivity contribution in [2.45, 2.75) is 18.9 Å². The summed E-state index contributed by atoms with van der Waals surface area (Å²) in [5, 5.41) is 11.0. The standard InChI is InChI=1S/C12H12BrN3O2/c13-10-3-4-15-11(14)9(10)2-1-7-5-8(6-7)16-12(17)18/h3-4,7-8,16H,5-6H2,(H2,14,15)(H,17,18). The molecule has 1 aromatic heterocycles. The van der Waals surface area contributed by atoms with Gasteiger partial charge in [0.2, 0.25) is 0 Å². The number of hydrogen-bond acceptors (Lipinski definition) is 3. The highest BCUT2D eigenvalue weighted by atomic mass is 79.9. The van der Waals surface area contributed by atoms with E-state index in [9.17, 15) is 4.79 Å². The number of nitrogen functional groups attached to an aromatic ring is 1. The van der Waals surface area contributed by atoms with E-state index in [-0.39, 0.29) is 12.0 Å². The van der Waals surface area contributed by atoms with Gasteiger partial charge >= 0.3 is 6.09 Å². The predicted molar refractivity (Wildman–Crippen MR) is 70.9 cm³/mol. The number of anilines is 1. The molecule has 1 aromatic rings. The van der Waals surface area contributed by atoms with Gasteiger partial charge in [-0.3, -0.25) is 0 Å². The van der Waals surface area contributed by atoms with Gasteiger partial charge in [-0.05, 0) is 34.8 Å². The zero-order valence-electron chi connectivity index (χ0n) is 9.48. The van der Waals surface area contributed by atoms with Crippen LogP contribution in [0, 0.1) is 17.8 Å². The summed E-state index contributed by atoms with van der Waals surface area (Å²) in [5.41, 5.74) is 6.41. The molecule has 2 rings (SSSR count). The van der Waals surface area contributed by atoms with Crippen molar-refractivity contribution in [2.24, 2.45) is 5.92 Å². The molecule has 18 heavy (non-hydrogen) atoms. The minimum absolute atomic E-state index is 0.0245. The van der Waals surface area contributed by atoms with E-state index in [2.05, 4.69) is 38.1 Å². The SMILES string of the molecule is Nc1nccc(Br)c1C#CC1CC(NC(=O)O)C1. The maximum atomic E-state index is 10.4. The van der Waals surface area contributed by atoms with E-state index in [0.29, 0.717) is 11.4 Å². The summed E-state index contributed by atoms with van der Waals surface area (Å²) < 4.78 is 0.821. The van der Waals surface area contributed by atoms with E-state index < -0.39 is 6.09 Å². The molecule has 0 radical (unpaired) electrons. The van der Waals surface area contributed by atoms with Crippen molar-refractivity contribution in [2.75, 3.05) is 5.73 Å². The van der Waals surface area contributed by atoms with Crippen LogP contribution in [0.5, 0.6) is 0 Å². The molecule has 0 bridgehead atoms. The van der Waals surface area contributed by atoms with E-state index in [1.54, 1.807) is 12.3 Å². The number of nitrogens with one attached hydrogen (secondary N) is 1. The lowest BCUT2D eigenvalue weighted by molar-refractivity contribution is 0.176. The minimum atomic E-state index is -0.981. The lowest BCUT2D eigenvalue weighted by atomic mass is 9.81. The van der Waals surface area contributed by atoms with Crippen LogP contribution in [0.2, 0.25) is 0 Å². The van der Waals surface area contributed by atoms with Crippen molar-refractivity contribution in [1.29, 1.82) is 0 Å². The van der Waals surface area contributed by atoms with Gasteiger partial charge in [0.1, 0.15) is 5.82 Å². The monoisotopic (exact) mass is 309 g/mol. The van der Waals surface area contributed by atoms with Gasteiger partial charge in [-0.2, -0.15) is 0 Å². The Morgan fingerprint density at radius 3 is 2.94 bits per heavy atom. The third-order valence-corrected chi connectivity index (χ3v) is 3.46. The quantitative estimate of drug-likeness (QED) is 0.690. The first kappa shape index (κ1) is 12.7. The van der Waals surface area contributed by atoms with Crippen molar-refractivity contribution in [3.05, 3.63) is 22.3 Å². The maximum absolute atomic E-state index is 10.4. The summed E-state index contributed by atoms with van der Waals surface area (Å²) >= 11 is 3.37. The number of aromatic nitrogens is 1. The van der Waals surface area contributed by atoms with Gasteiger partial charge in [0.15, 0.2) is 0 Å². The van der Waals surface area contributed by atoms with Crippen LogP contribution in [0.3, 0.4) is 0 Å². The Hall–Kier alpha value is -1.74. The molecule has 0 saturated heterocycles. The van der Waals surface area contributed by atoms with Crippen molar-refractivity contribution >= 4 is 27.8 Å². The number of nitrogens with two attached hydrogens (primary N) is 1. The van der Waals surface area contributed by atoms with Gasteiger partial charge in [0, 0.05) is 22.6 Å². The number of nitrogens with zero attached hydrogens (tertiary/aromatic N) is 1. The molecule has 1 amide bonds. The number of hydrogen-bond donors (Lipinski definition) is 3. The van der Waals surface area contributed by atoms with E-state index in [1.807, 2.05) is 0 Å². The minimum Gasteiger partial charge on any atom is -0.465 e. The normalized spacial score (nSPS) is 21.4. The lowest BCUT2D eigenvalue weighted by Crippen LogP contribution is -2.43. The number of halogens is 1. The molecule has 0 atom stereocenters. The van der Waals surface area contributed by atoms with Crippen LogP contribution in [0.15, 0.2) is 16.7 Å². The average Bonchev–Trinajstić information content (AvgIpc) is 2.23. The highest BCUT2D eigenvalue weighted by Crippen LogP contribution is 2.27. The van der Waals surface area contributed by atoms with Crippen molar-refractivity contribution in [3.8, 4) is 11.8 Å². The van der Waals surface area contributed by atoms with Crippen LogP contribution in [0.1, 0.15) is 18.4 Å². The molecular formula is C12H12BrN3O2. The van der Waals surface area contributed by atoms with Gasteiger partial charge < -0.3 is 16.2 Å². The van der Waals surface area contributed by atoms with Crippen LogP contribution in [-0.2, 0) is 0 Å². The van der Waals surface area contributed by atoms with Crippen LogP contribution < -0.4 is 11.1 Å². The molecule has 5 nitrogen and oxygen atoms in total. The first-order chi connectivity index (χ1) is 8.56. The zero-order valence-corrected chi connectivity index (χ0v) is 11.1. The molecule has 4 N–H and O–H groups in total. The van der Waals surface area contributed by atoms with Crippen LogP contribution in [0.4, 0.5) is 10.6 Å². The molecular weight excluding hydrogens is 298 g/mol. The molecule has 1 aliphatic carbocycles. The van der Waals surface area contributed by atoms with Gasteiger partial charge in [-0.15, -0.1) is 0 Å². The lowest BCUT2D eigenvalue weighted by Gasteiger charge is -2.31. The fraction of sp³-hybridized carbons (Fsp3) is 0.333. The highest BCUT2D eigenvalue weighted by Gasteiger charge is 2.28. The summed E-state index contributed by atoms with van der Waals surface area (Å²) in [5.74, 6) is 6.70. The summed E-state index contributed by atoms with van der Waals surface area (Å²) in [7, 11) is 0. The van der Waals surface area contributed by atoms with Crippen molar-refractivity contribution < 1.29 is 9.90 Å². The van der Waals surface area contributed by atoms with Crippen LogP contribution >= 0.6 is 15.9 Å². The number of amides is 1. The molecule has 0 spiro atoms. The van der Waals surface area contributed by atoms with Crippen LogP contribution in [0.25, 0.3) is 0 Å². The fourth-order valence-electron chi connectivity index (χ4n) is 1.78. The average molecular weight is 310 g/mol. The van der Waals surface area contributed by atoms with Crippen LogP contribution in [-0.4, -0.2) is 22.2 Å². The Morgan fingerprint density at radius 1 is 1.61 bits per heavy atom. The second kappa shape index (κ2) is 5.27. The first-order valence-corrected chi connectivity index (χ1v) is 6.26. The smallest absolute Gasteiger partial charge is 0.404 e. The number of pyridine rings is 1. The maximum Gasteiger partial charge on any atom is 0.404 e. The Balaban J connectivity index is 1.97. The predicted octanol–water partition coefficient (Wildman–Crippen LogP) is 1.82. The number of carbonyl (C=O) groups is 1. The topological polar surface area (TPSA) is 88.2 Å². The molecule has 94 valence electrons. The Bertz CT molecular complexity index is 510.